The summed E-state index contributed by atoms with van der Waals surface area (Å²) in [6.45, 7) is 8.92. The summed E-state index contributed by atoms with van der Waals surface area (Å²) in [6, 6.07) is 0. The Bertz CT molecular complexity index is 223. The Labute approximate surface area is 105 Å². The number of hydrogen-bond donors (Lipinski definition) is 1. The molecule has 4 heteroatoms. The minimum Gasteiger partial charge on any atom is -0.382 e. The number of unbranched alkanes of at least 4 members (excludes halogenated alkanes) is 1. The molecule has 0 spiro atoms. The second-order valence-corrected chi connectivity index (χ2v) is 4.81. The molecule has 0 amide bonds. The van der Waals surface area contributed by atoms with Crippen molar-refractivity contribution in [2.75, 3.05) is 32.8 Å². The van der Waals surface area contributed by atoms with E-state index in [0.717, 1.165) is 57.6 Å². The average molecular weight is 241 g/mol. The maximum absolute atomic E-state index is 5.98. The first-order valence-corrected chi connectivity index (χ1v) is 6.86. The van der Waals surface area contributed by atoms with Crippen LogP contribution in [0.5, 0.6) is 0 Å². The lowest BCUT2D eigenvalue weighted by Crippen LogP contribution is -2.42. The van der Waals surface area contributed by atoms with Gasteiger partial charge >= 0.3 is 0 Å². The Hall–Kier alpha value is -0.770. The molecule has 2 N–H and O–H groups in total. The number of hydrogen-bond acceptors (Lipinski definition) is 2. The zero-order chi connectivity index (χ0) is 12.5. The number of piperidine rings is 1. The van der Waals surface area contributed by atoms with E-state index in [0.29, 0.717) is 0 Å². The van der Waals surface area contributed by atoms with E-state index in [2.05, 4.69) is 16.8 Å². The fourth-order valence-electron chi connectivity index (χ4n) is 1.99. The molecule has 1 rings (SSSR count). The van der Waals surface area contributed by atoms with Gasteiger partial charge in [0.05, 0.1) is 0 Å². The van der Waals surface area contributed by atoms with Crippen molar-refractivity contribution in [1.29, 1.82) is 0 Å². The van der Waals surface area contributed by atoms with Crippen LogP contribution in [0.2, 0.25) is 0 Å². The lowest BCUT2D eigenvalue weighted by molar-refractivity contribution is 0.144. The predicted molar refractivity (Wildman–Crippen MR) is 72.2 cm³/mol. The van der Waals surface area contributed by atoms with Crippen LogP contribution in [-0.2, 0) is 4.74 Å². The third kappa shape index (κ3) is 5.91. The molecule has 0 saturated carbocycles. The molecule has 0 aliphatic carbocycles. The molecule has 1 aliphatic rings. The molecule has 1 fully saturated rings. The smallest absolute Gasteiger partial charge is 0.191 e. The summed E-state index contributed by atoms with van der Waals surface area (Å²) in [5, 5.41) is 0. The van der Waals surface area contributed by atoms with E-state index in [1.807, 2.05) is 6.92 Å². The number of nitrogens with zero attached hydrogens (tertiary/aromatic N) is 2. The van der Waals surface area contributed by atoms with Crippen LogP contribution < -0.4 is 5.73 Å². The molecule has 4 nitrogen and oxygen atoms in total. The van der Waals surface area contributed by atoms with E-state index >= 15 is 0 Å². The lowest BCUT2D eigenvalue weighted by Gasteiger charge is -2.31. The van der Waals surface area contributed by atoms with Gasteiger partial charge in [-0.2, -0.15) is 0 Å². The van der Waals surface area contributed by atoms with Crippen molar-refractivity contribution in [3.63, 3.8) is 0 Å². The van der Waals surface area contributed by atoms with E-state index in [1.54, 1.807) is 0 Å². The standard InChI is InChI=1S/C13H27N3O/c1-3-17-11-5-4-8-15-13(14)16-9-6-12(2)7-10-16/h12H,3-11H2,1-2H3,(H2,14,15). The Balaban J connectivity index is 2.11. The first kappa shape index (κ1) is 14.3. The van der Waals surface area contributed by atoms with Crippen LogP contribution in [0.3, 0.4) is 0 Å². The van der Waals surface area contributed by atoms with E-state index in [4.69, 9.17) is 10.5 Å². The summed E-state index contributed by atoms with van der Waals surface area (Å²) in [4.78, 5) is 6.65. The van der Waals surface area contributed by atoms with E-state index in [-0.39, 0.29) is 0 Å². The van der Waals surface area contributed by atoms with Gasteiger partial charge in [-0.15, -0.1) is 0 Å². The number of guanidine groups is 1. The van der Waals surface area contributed by atoms with Crippen molar-refractivity contribution < 1.29 is 4.74 Å². The largest absolute Gasteiger partial charge is 0.382 e. The topological polar surface area (TPSA) is 50.9 Å². The lowest BCUT2D eigenvalue weighted by atomic mass is 10.00. The molecule has 0 aromatic rings. The highest BCUT2D eigenvalue weighted by Crippen LogP contribution is 2.15. The highest BCUT2D eigenvalue weighted by Gasteiger charge is 2.16. The molecule has 17 heavy (non-hydrogen) atoms. The van der Waals surface area contributed by atoms with Crippen LogP contribution in [0.1, 0.15) is 39.5 Å². The molecule has 0 aromatic carbocycles. The Morgan fingerprint density at radius 2 is 2.06 bits per heavy atom. The molecule has 1 heterocycles. The predicted octanol–water partition coefficient (Wildman–Crippen LogP) is 1.85. The highest BCUT2D eigenvalue weighted by atomic mass is 16.5. The van der Waals surface area contributed by atoms with Crippen molar-refractivity contribution in [2.24, 2.45) is 16.6 Å². The van der Waals surface area contributed by atoms with Gasteiger partial charge in [-0.1, -0.05) is 6.92 Å². The van der Waals surface area contributed by atoms with Crippen LogP contribution in [0.25, 0.3) is 0 Å². The van der Waals surface area contributed by atoms with Gasteiger partial charge < -0.3 is 15.4 Å². The molecule has 0 atom stereocenters. The monoisotopic (exact) mass is 241 g/mol. The number of likely N-dealkylation sites (tertiary alicyclic amines) is 1. The summed E-state index contributed by atoms with van der Waals surface area (Å²) < 4.78 is 5.28. The maximum Gasteiger partial charge on any atom is 0.191 e. The number of nitrogens with two attached hydrogens (primary N) is 1. The van der Waals surface area contributed by atoms with Crippen LogP contribution in [0, 0.1) is 5.92 Å². The summed E-state index contributed by atoms with van der Waals surface area (Å²) in [7, 11) is 0. The molecule has 0 radical (unpaired) electrons. The zero-order valence-corrected chi connectivity index (χ0v) is 11.3. The van der Waals surface area contributed by atoms with Gasteiger partial charge in [0.1, 0.15) is 0 Å². The number of aliphatic imine (C=N–C) groups is 1. The Kier molecular flexibility index (Phi) is 7.01. The number of ether oxygens (including phenoxy) is 1. The second-order valence-electron chi connectivity index (χ2n) is 4.81. The van der Waals surface area contributed by atoms with Crippen molar-refractivity contribution in [3.8, 4) is 0 Å². The molecular formula is C13H27N3O. The van der Waals surface area contributed by atoms with Gasteiger partial charge in [-0.05, 0) is 38.5 Å². The summed E-state index contributed by atoms with van der Waals surface area (Å²) in [5.41, 5.74) is 5.98. The number of rotatable bonds is 6. The van der Waals surface area contributed by atoms with Crippen molar-refractivity contribution in [3.05, 3.63) is 0 Å². The molecule has 0 unspecified atom stereocenters. The summed E-state index contributed by atoms with van der Waals surface area (Å²) in [5.74, 6) is 1.57. The van der Waals surface area contributed by atoms with Crippen LogP contribution in [0.15, 0.2) is 4.99 Å². The van der Waals surface area contributed by atoms with Crippen molar-refractivity contribution >= 4 is 5.96 Å². The minimum atomic E-state index is 0.730. The average Bonchev–Trinajstić information content (AvgIpc) is 2.34. The van der Waals surface area contributed by atoms with Gasteiger partial charge in [0.15, 0.2) is 5.96 Å². The first-order valence-electron chi connectivity index (χ1n) is 6.86. The first-order chi connectivity index (χ1) is 8.24. The van der Waals surface area contributed by atoms with Crippen molar-refractivity contribution in [1.82, 2.24) is 4.90 Å². The quantitative estimate of drug-likeness (QED) is 0.438. The van der Waals surface area contributed by atoms with Crippen LogP contribution >= 0.6 is 0 Å². The summed E-state index contributed by atoms with van der Waals surface area (Å²) >= 11 is 0. The second kappa shape index (κ2) is 8.34. The fourth-order valence-corrected chi connectivity index (χ4v) is 1.99. The van der Waals surface area contributed by atoms with Gasteiger partial charge in [0, 0.05) is 32.8 Å². The van der Waals surface area contributed by atoms with Crippen LogP contribution in [0.4, 0.5) is 0 Å². The van der Waals surface area contributed by atoms with Crippen LogP contribution in [-0.4, -0.2) is 43.7 Å². The SMILES string of the molecule is CCOCCCCN=C(N)N1CCC(C)CC1. The maximum atomic E-state index is 5.98. The summed E-state index contributed by atoms with van der Waals surface area (Å²) in [6.07, 6.45) is 4.60. The van der Waals surface area contributed by atoms with E-state index < -0.39 is 0 Å². The fraction of sp³-hybridized carbons (Fsp3) is 0.923. The molecule has 0 bridgehead atoms. The third-order valence-corrected chi connectivity index (χ3v) is 3.28. The third-order valence-electron chi connectivity index (χ3n) is 3.28. The highest BCUT2D eigenvalue weighted by molar-refractivity contribution is 5.78. The molecule has 1 saturated heterocycles. The minimum absolute atomic E-state index is 0.730. The van der Waals surface area contributed by atoms with E-state index in [1.165, 1.54) is 12.8 Å². The van der Waals surface area contributed by atoms with Gasteiger partial charge in [0.2, 0.25) is 0 Å². The van der Waals surface area contributed by atoms with Gasteiger partial charge in [0.25, 0.3) is 0 Å². The molecule has 100 valence electrons. The Morgan fingerprint density at radius 1 is 1.35 bits per heavy atom. The van der Waals surface area contributed by atoms with Gasteiger partial charge in [-0.25, -0.2) is 0 Å². The molecule has 0 aromatic heterocycles. The van der Waals surface area contributed by atoms with E-state index in [9.17, 15) is 0 Å². The van der Waals surface area contributed by atoms with Gasteiger partial charge in [-0.3, -0.25) is 4.99 Å². The molecular weight excluding hydrogens is 214 g/mol. The normalized spacial score (nSPS) is 18.7. The zero-order valence-electron chi connectivity index (χ0n) is 11.3. The van der Waals surface area contributed by atoms with Crippen molar-refractivity contribution in [2.45, 2.75) is 39.5 Å². The Morgan fingerprint density at radius 3 is 2.71 bits per heavy atom. The molecule has 1 aliphatic heterocycles.